The topological polar surface area (TPSA) is 89.3 Å². The maximum Gasteiger partial charge on any atom is 0.251 e. The second-order valence-corrected chi connectivity index (χ2v) is 6.94. The normalized spacial score (nSPS) is 19.0. The molecule has 1 aliphatic rings. The lowest BCUT2D eigenvalue weighted by Crippen LogP contribution is -2.40. The van der Waals surface area contributed by atoms with Crippen LogP contribution in [0.2, 0.25) is 0 Å². The van der Waals surface area contributed by atoms with Gasteiger partial charge in [-0.1, -0.05) is 0 Å². The molecule has 2 rings (SSSR count). The van der Waals surface area contributed by atoms with E-state index in [0.29, 0.717) is 12.8 Å². The van der Waals surface area contributed by atoms with Crippen molar-refractivity contribution in [3.05, 3.63) is 29.6 Å². The Labute approximate surface area is 110 Å². The van der Waals surface area contributed by atoms with Crippen molar-refractivity contribution < 1.29 is 17.6 Å². The van der Waals surface area contributed by atoms with E-state index in [0.717, 1.165) is 6.07 Å². The molecule has 1 amide bonds. The van der Waals surface area contributed by atoms with Crippen molar-refractivity contribution in [1.82, 2.24) is 5.32 Å². The van der Waals surface area contributed by atoms with E-state index < -0.39 is 21.6 Å². The Morgan fingerprint density at radius 1 is 1.32 bits per heavy atom. The molecule has 3 N–H and O–H groups in total. The zero-order valence-electron chi connectivity index (χ0n) is 10.2. The second-order valence-electron chi connectivity index (χ2n) is 4.64. The van der Waals surface area contributed by atoms with E-state index in [-0.39, 0.29) is 28.8 Å². The Morgan fingerprint density at radius 2 is 1.95 bits per heavy atom. The summed E-state index contributed by atoms with van der Waals surface area (Å²) in [5.41, 5.74) is 5.50. The van der Waals surface area contributed by atoms with Crippen LogP contribution in [0, 0.1) is 5.82 Å². The Bertz CT molecular complexity index is 587. The number of amides is 1. The van der Waals surface area contributed by atoms with Gasteiger partial charge >= 0.3 is 0 Å². The Kier molecular flexibility index (Phi) is 3.75. The Balaban J connectivity index is 2.00. The lowest BCUT2D eigenvalue weighted by Gasteiger charge is -2.23. The van der Waals surface area contributed by atoms with Gasteiger partial charge in [-0.25, -0.2) is 12.8 Å². The number of nitrogen functional groups attached to an aromatic ring is 1. The van der Waals surface area contributed by atoms with Gasteiger partial charge in [-0.15, -0.1) is 0 Å². The molecule has 1 heterocycles. The SMILES string of the molecule is Nc1ccc(C(=O)NC2CCS(=O)(=O)CC2)cc1F. The minimum absolute atomic E-state index is 0.0136. The first-order valence-electron chi connectivity index (χ1n) is 5.94. The molecule has 19 heavy (non-hydrogen) atoms. The maximum atomic E-state index is 13.2. The van der Waals surface area contributed by atoms with Gasteiger partial charge in [0.25, 0.3) is 5.91 Å². The van der Waals surface area contributed by atoms with Gasteiger partial charge in [-0.3, -0.25) is 4.79 Å². The number of nitrogens with one attached hydrogen (secondary N) is 1. The lowest BCUT2D eigenvalue weighted by molar-refractivity contribution is 0.0934. The summed E-state index contributed by atoms with van der Waals surface area (Å²) in [5, 5.41) is 2.71. The predicted octanol–water partition coefficient (Wildman–Crippen LogP) is 0.715. The highest BCUT2D eigenvalue weighted by atomic mass is 32.2. The quantitative estimate of drug-likeness (QED) is 0.784. The van der Waals surface area contributed by atoms with Crippen molar-refractivity contribution in [2.24, 2.45) is 0 Å². The summed E-state index contributed by atoms with van der Waals surface area (Å²) in [7, 11) is -2.96. The molecule has 0 atom stereocenters. The monoisotopic (exact) mass is 286 g/mol. The van der Waals surface area contributed by atoms with Crippen molar-refractivity contribution in [1.29, 1.82) is 0 Å². The molecule has 1 aromatic rings. The molecule has 5 nitrogen and oxygen atoms in total. The van der Waals surface area contributed by atoms with E-state index in [9.17, 15) is 17.6 Å². The van der Waals surface area contributed by atoms with Gasteiger partial charge in [0.2, 0.25) is 0 Å². The van der Waals surface area contributed by atoms with Gasteiger partial charge in [0.05, 0.1) is 17.2 Å². The molecule has 0 spiro atoms. The van der Waals surface area contributed by atoms with Crippen molar-refractivity contribution in [2.45, 2.75) is 18.9 Å². The standard InChI is InChI=1S/C12H15FN2O3S/c13-10-7-8(1-2-11(10)14)12(16)15-9-3-5-19(17,18)6-4-9/h1-2,7,9H,3-6,14H2,(H,15,16). The van der Waals surface area contributed by atoms with Crippen LogP contribution in [0.25, 0.3) is 0 Å². The summed E-state index contributed by atoms with van der Waals surface area (Å²) >= 11 is 0. The van der Waals surface area contributed by atoms with Crippen LogP contribution < -0.4 is 11.1 Å². The van der Waals surface area contributed by atoms with E-state index in [1.54, 1.807) is 0 Å². The number of hydrogen-bond donors (Lipinski definition) is 2. The highest BCUT2D eigenvalue weighted by Gasteiger charge is 2.25. The average Bonchev–Trinajstić information content (AvgIpc) is 2.35. The molecule has 0 radical (unpaired) electrons. The molecule has 0 saturated carbocycles. The molecule has 0 unspecified atom stereocenters. The zero-order valence-corrected chi connectivity index (χ0v) is 11.0. The molecule has 1 aromatic carbocycles. The van der Waals surface area contributed by atoms with Crippen LogP contribution in [0.5, 0.6) is 0 Å². The molecule has 104 valence electrons. The number of anilines is 1. The van der Waals surface area contributed by atoms with E-state index in [2.05, 4.69) is 5.32 Å². The molecule has 0 aromatic heterocycles. The first-order chi connectivity index (χ1) is 8.87. The fourth-order valence-electron chi connectivity index (χ4n) is 1.97. The predicted molar refractivity (Wildman–Crippen MR) is 70.0 cm³/mol. The average molecular weight is 286 g/mol. The summed E-state index contributed by atoms with van der Waals surface area (Å²) in [6, 6.07) is 3.66. The Hall–Kier alpha value is -1.63. The van der Waals surface area contributed by atoms with Crippen LogP contribution in [0.4, 0.5) is 10.1 Å². The number of sulfone groups is 1. The second kappa shape index (κ2) is 5.16. The van der Waals surface area contributed by atoms with Gasteiger partial charge in [0, 0.05) is 11.6 Å². The zero-order chi connectivity index (χ0) is 14.0. The summed E-state index contributed by atoms with van der Waals surface area (Å²) in [4.78, 5) is 11.9. The first-order valence-corrected chi connectivity index (χ1v) is 7.76. The van der Waals surface area contributed by atoms with Crippen LogP contribution >= 0.6 is 0 Å². The molecule has 0 bridgehead atoms. The first kappa shape index (κ1) is 13.8. The molecule has 1 aliphatic heterocycles. The fraction of sp³-hybridized carbons (Fsp3) is 0.417. The number of benzene rings is 1. The molecule has 0 aliphatic carbocycles. The van der Waals surface area contributed by atoms with Gasteiger partial charge in [0.1, 0.15) is 15.7 Å². The van der Waals surface area contributed by atoms with Gasteiger partial charge in [0.15, 0.2) is 0 Å². The molecular weight excluding hydrogens is 271 g/mol. The maximum absolute atomic E-state index is 13.2. The third-order valence-electron chi connectivity index (χ3n) is 3.15. The number of hydrogen-bond acceptors (Lipinski definition) is 4. The lowest BCUT2D eigenvalue weighted by atomic mass is 10.1. The third-order valence-corrected chi connectivity index (χ3v) is 4.87. The summed E-state index contributed by atoms with van der Waals surface area (Å²) in [5.74, 6) is -0.899. The van der Waals surface area contributed by atoms with E-state index in [1.807, 2.05) is 0 Å². The molecule has 1 fully saturated rings. The molecule has 7 heteroatoms. The van der Waals surface area contributed by atoms with E-state index in [1.165, 1.54) is 12.1 Å². The van der Waals surface area contributed by atoms with E-state index in [4.69, 9.17) is 5.73 Å². The number of carbonyl (C=O) groups excluding carboxylic acids is 1. The molecular formula is C12H15FN2O3S. The number of halogens is 1. The molecule has 1 saturated heterocycles. The van der Waals surface area contributed by atoms with E-state index >= 15 is 0 Å². The summed E-state index contributed by atoms with van der Waals surface area (Å²) in [6.07, 6.45) is 0.789. The number of carbonyl (C=O) groups is 1. The van der Waals surface area contributed by atoms with Crippen molar-refractivity contribution >= 4 is 21.4 Å². The van der Waals surface area contributed by atoms with Crippen LogP contribution in [0.3, 0.4) is 0 Å². The van der Waals surface area contributed by atoms with Gasteiger partial charge in [-0.05, 0) is 31.0 Å². The summed E-state index contributed by atoms with van der Waals surface area (Å²) in [6.45, 7) is 0. The minimum atomic E-state index is -2.96. The number of rotatable bonds is 2. The van der Waals surface area contributed by atoms with Crippen LogP contribution in [0.1, 0.15) is 23.2 Å². The fourth-order valence-corrected chi connectivity index (χ4v) is 3.46. The number of nitrogens with two attached hydrogens (primary N) is 1. The van der Waals surface area contributed by atoms with Gasteiger partial charge < -0.3 is 11.1 Å². The van der Waals surface area contributed by atoms with Crippen molar-refractivity contribution in [3.63, 3.8) is 0 Å². The largest absolute Gasteiger partial charge is 0.396 e. The highest BCUT2D eigenvalue weighted by Crippen LogP contribution is 2.15. The highest BCUT2D eigenvalue weighted by molar-refractivity contribution is 7.91. The third kappa shape index (κ3) is 3.44. The minimum Gasteiger partial charge on any atom is -0.396 e. The van der Waals surface area contributed by atoms with Crippen LogP contribution in [0.15, 0.2) is 18.2 Å². The van der Waals surface area contributed by atoms with Crippen molar-refractivity contribution in [3.8, 4) is 0 Å². The smallest absolute Gasteiger partial charge is 0.251 e. The van der Waals surface area contributed by atoms with Crippen molar-refractivity contribution in [2.75, 3.05) is 17.2 Å². The van der Waals surface area contributed by atoms with Crippen LogP contribution in [-0.2, 0) is 9.84 Å². The Morgan fingerprint density at radius 3 is 2.53 bits per heavy atom. The summed E-state index contributed by atoms with van der Waals surface area (Å²) < 4.78 is 35.8. The van der Waals surface area contributed by atoms with Crippen LogP contribution in [-0.4, -0.2) is 31.9 Å². The van der Waals surface area contributed by atoms with Gasteiger partial charge in [-0.2, -0.15) is 0 Å².